The summed E-state index contributed by atoms with van der Waals surface area (Å²) in [7, 11) is 1.52. The number of rotatable bonds is 5. The Bertz CT molecular complexity index is 723. The third-order valence-electron chi connectivity index (χ3n) is 4.04. The molecule has 0 bridgehead atoms. The summed E-state index contributed by atoms with van der Waals surface area (Å²) in [5, 5.41) is 3.85. The second-order valence-corrected chi connectivity index (χ2v) is 6.88. The zero-order valence-corrected chi connectivity index (χ0v) is 15.5. The average molecular weight is 386 g/mol. The third-order valence-corrected chi connectivity index (χ3v) is 5.30. The standard InChI is InChI=1S/C17H20FN3O2S.ClH/c1-23-9-12(19)16(22)20-13-3-2-4-14-15(13)24-17(21-14)10-5-7-11(18)8-6-10;/h5-8,12-13H,2-4,9,19H2,1H3,(H,20,22);1H. The molecule has 0 saturated carbocycles. The highest BCUT2D eigenvalue weighted by Crippen LogP contribution is 2.37. The molecule has 0 saturated heterocycles. The van der Waals surface area contributed by atoms with Crippen molar-refractivity contribution in [3.63, 3.8) is 0 Å². The topological polar surface area (TPSA) is 77.2 Å². The van der Waals surface area contributed by atoms with Gasteiger partial charge in [-0.15, -0.1) is 23.7 Å². The second kappa shape index (κ2) is 8.71. The smallest absolute Gasteiger partial charge is 0.239 e. The van der Waals surface area contributed by atoms with E-state index < -0.39 is 6.04 Å². The SMILES string of the molecule is COCC(N)C(=O)NC1CCCc2nc(-c3ccc(F)cc3)sc21.Cl. The minimum absolute atomic E-state index is 0. The summed E-state index contributed by atoms with van der Waals surface area (Å²) in [4.78, 5) is 17.9. The lowest BCUT2D eigenvalue weighted by Crippen LogP contribution is -2.45. The molecular weight excluding hydrogens is 365 g/mol. The monoisotopic (exact) mass is 385 g/mol. The van der Waals surface area contributed by atoms with Crippen molar-refractivity contribution in [1.82, 2.24) is 10.3 Å². The molecule has 3 rings (SSSR count). The van der Waals surface area contributed by atoms with E-state index in [4.69, 9.17) is 10.5 Å². The van der Waals surface area contributed by atoms with E-state index in [9.17, 15) is 9.18 Å². The molecule has 0 fully saturated rings. The number of aromatic nitrogens is 1. The van der Waals surface area contributed by atoms with Crippen molar-refractivity contribution in [2.75, 3.05) is 13.7 Å². The number of carbonyl (C=O) groups is 1. The van der Waals surface area contributed by atoms with Crippen LogP contribution in [0.3, 0.4) is 0 Å². The van der Waals surface area contributed by atoms with Gasteiger partial charge in [0.2, 0.25) is 5.91 Å². The molecule has 1 aromatic carbocycles. The van der Waals surface area contributed by atoms with E-state index >= 15 is 0 Å². The van der Waals surface area contributed by atoms with Gasteiger partial charge in [-0.1, -0.05) is 0 Å². The number of hydrogen-bond donors (Lipinski definition) is 2. The molecule has 1 heterocycles. The second-order valence-electron chi connectivity index (χ2n) is 5.85. The van der Waals surface area contributed by atoms with Crippen molar-refractivity contribution in [2.24, 2.45) is 5.73 Å². The van der Waals surface area contributed by atoms with Gasteiger partial charge in [0.1, 0.15) is 16.9 Å². The van der Waals surface area contributed by atoms with Gasteiger partial charge in [-0.3, -0.25) is 4.79 Å². The van der Waals surface area contributed by atoms with E-state index in [2.05, 4.69) is 10.3 Å². The van der Waals surface area contributed by atoms with E-state index in [1.165, 1.54) is 19.2 Å². The quantitative estimate of drug-likeness (QED) is 0.829. The summed E-state index contributed by atoms with van der Waals surface area (Å²) >= 11 is 1.55. The number of aryl methyl sites for hydroxylation is 1. The molecule has 2 atom stereocenters. The van der Waals surface area contributed by atoms with E-state index in [0.29, 0.717) is 0 Å². The number of hydrogen-bond acceptors (Lipinski definition) is 5. The zero-order valence-electron chi connectivity index (χ0n) is 13.8. The molecule has 1 amide bonds. The van der Waals surface area contributed by atoms with Crippen LogP contribution in [0.4, 0.5) is 4.39 Å². The highest BCUT2D eigenvalue weighted by atomic mass is 35.5. The first kappa shape index (κ1) is 19.8. The average Bonchev–Trinajstić information content (AvgIpc) is 3.01. The third kappa shape index (κ3) is 4.55. The fourth-order valence-corrected chi connectivity index (χ4v) is 4.01. The number of amides is 1. The van der Waals surface area contributed by atoms with Crippen LogP contribution in [0.15, 0.2) is 24.3 Å². The van der Waals surface area contributed by atoms with Crippen LogP contribution in [0, 0.1) is 5.82 Å². The first-order chi connectivity index (χ1) is 11.6. The first-order valence-electron chi connectivity index (χ1n) is 7.89. The zero-order chi connectivity index (χ0) is 17.1. The minimum atomic E-state index is -0.676. The predicted octanol–water partition coefficient (Wildman–Crippen LogP) is 2.84. The molecule has 8 heteroatoms. The maximum atomic E-state index is 13.1. The van der Waals surface area contributed by atoms with E-state index in [0.717, 1.165) is 40.4 Å². The van der Waals surface area contributed by atoms with Crippen molar-refractivity contribution in [3.05, 3.63) is 40.7 Å². The number of thiazole rings is 1. The Morgan fingerprint density at radius 2 is 2.20 bits per heavy atom. The fraction of sp³-hybridized carbons (Fsp3) is 0.412. The van der Waals surface area contributed by atoms with Gasteiger partial charge >= 0.3 is 0 Å². The summed E-state index contributed by atoms with van der Waals surface area (Å²) in [6.07, 6.45) is 2.72. The molecule has 3 N–H and O–H groups in total. The lowest BCUT2D eigenvalue weighted by atomic mass is 9.98. The van der Waals surface area contributed by atoms with Crippen LogP contribution in [-0.4, -0.2) is 30.6 Å². The summed E-state index contributed by atoms with van der Waals surface area (Å²) < 4.78 is 18.0. The molecular formula is C17H21ClFN3O2S. The maximum Gasteiger partial charge on any atom is 0.239 e. The van der Waals surface area contributed by atoms with Crippen LogP contribution < -0.4 is 11.1 Å². The summed E-state index contributed by atoms with van der Waals surface area (Å²) in [5.41, 5.74) is 7.69. The van der Waals surface area contributed by atoms with Crippen LogP contribution in [-0.2, 0) is 16.0 Å². The molecule has 136 valence electrons. The molecule has 0 radical (unpaired) electrons. The van der Waals surface area contributed by atoms with Crippen molar-refractivity contribution < 1.29 is 13.9 Å². The van der Waals surface area contributed by atoms with Crippen LogP contribution in [0.25, 0.3) is 10.6 Å². The number of ether oxygens (including phenoxy) is 1. The highest BCUT2D eigenvalue weighted by Gasteiger charge is 2.27. The Kier molecular flexibility index (Phi) is 6.89. The molecule has 1 aliphatic carbocycles. The molecule has 1 aromatic heterocycles. The molecule has 2 aromatic rings. The van der Waals surface area contributed by atoms with Crippen LogP contribution in [0.2, 0.25) is 0 Å². The number of fused-ring (bicyclic) bond motifs is 1. The molecule has 0 aliphatic heterocycles. The van der Waals surface area contributed by atoms with Gasteiger partial charge in [-0.2, -0.15) is 0 Å². The molecule has 0 spiro atoms. The maximum absolute atomic E-state index is 13.1. The van der Waals surface area contributed by atoms with Gasteiger partial charge in [-0.05, 0) is 43.5 Å². The van der Waals surface area contributed by atoms with Gasteiger partial charge in [-0.25, -0.2) is 9.37 Å². The van der Waals surface area contributed by atoms with Gasteiger partial charge in [0.05, 0.1) is 23.2 Å². The van der Waals surface area contributed by atoms with Crippen LogP contribution in [0.1, 0.15) is 29.5 Å². The number of benzene rings is 1. The van der Waals surface area contributed by atoms with Gasteiger partial charge in [0.25, 0.3) is 0 Å². The molecule has 1 aliphatic rings. The van der Waals surface area contributed by atoms with Crippen molar-refractivity contribution >= 4 is 29.7 Å². The van der Waals surface area contributed by atoms with Crippen LogP contribution >= 0.6 is 23.7 Å². The van der Waals surface area contributed by atoms with Gasteiger partial charge < -0.3 is 15.8 Å². The van der Waals surface area contributed by atoms with Gasteiger partial charge in [0, 0.05) is 12.7 Å². The van der Waals surface area contributed by atoms with Gasteiger partial charge in [0.15, 0.2) is 0 Å². The van der Waals surface area contributed by atoms with E-state index in [1.807, 2.05) is 0 Å². The number of nitrogens with zero attached hydrogens (tertiary/aromatic N) is 1. The number of nitrogens with one attached hydrogen (secondary N) is 1. The predicted molar refractivity (Wildman–Crippen MR) is 98.4 cm³/mol. The summed E-state index contributed by atoms with van der Waals surface area (Å²) in [6, 6.07) is 5.56. The fourth-order valence-electron chi connectivity index (χ4n) is 2.81. The summed E-state index contributed by atoms with van der Waals surface area (Å²) in [5.74, 6) is -0.483. The highest BCUT2D eigenvalue weighted by molar-refractivity contribution is 7.15. The lowest BCUT2D eigenvalue weighted by Gasteiger charge is -2.23. The molecule has 5 nitrogen and oxygen atoms in total. The number of methoxy groups -OCH3 is 1. The Morgan fingerprint density at radius 1 is 1.48 bits per heavy atom. The van der Waals surface area contributed by atoms with E-state index in [1.54, 1.807) is 23.5 Å². The lowest BCUT2D eigenvalue weighted by molar-refractivity contribution is -0.124. The molecule has 2 unspecified atom stereocenters. The van der Waals surface area contributed by atoms with Crippen molar-refractivity contribution in [3.8, 4) is 10.6 Å². The largest absolute Gasteiger partial charge is 0.383 e. The number of halogens is 2. The summed E-state index contributed by atoms with van der Waals surface area (Å²) in [6.45, 7) is 0.189. The Labute approximate surface area is 156 Å². The Hall–Kier alpha value is -1.54. The number of carbonyl (C=O) groups excluding carboxylic acids is 1. The Morgan fingerprint density at radius 3 is 2.88 bits per heavy atom. The molecule has 25 heavy (non-hydrogen) atoms. The van der Waals surface area contributed by atoms with Crippen molar-refractivity contribution in [1.29, 1.82) is 0 Å². The number of nitrogens with two attached hydrogens (primary N) is 1. The normalized spacial score (nSPS) is 17.3. The van der Waals surface area contributed by atoms with Crippen LogP contribution in [0.5, 0.6) is 0 Å². The Balaban J connectivity index is 0.00000225. The minimum Gasteiger partial charge on any atom is -0.383 e. The van der Waals surface area contributed by atoms with E-state index in [-0.39, 0.29) is 36.8 Å². The van der Waals surface area contributed by atoms with Crippen molar-refractivity contribution in [2.45, 2.75) is 31.3 Å². The first-order valence-corrected chi connectivity index (χ1v) is 8.70.